The number of nitrogens with zero attached hydrogens (tertiary/aromatic N) is 3. The minimum Gasteiger partial charge on any atom is -0.368 e. The standard InChI is InChI=1S/C13H20N4O2/c1-10(16-7-3-4-8-16)9-14-13-6-5-12(17(18)19)11(2)15-13/h5-6,10H,3-4,7-9H2,1-2H3,(H,14,15). The Kier molecular flexibility index (Phi) is 4.31. The topological polar surface area (TPSA) is 71.3 Å². The van der Waals surface area contributed by atoms with Crippen molar-refractivity contribution in [2.45, 2.75) is 32.7 Å². The molecule has 1 atom stereocenters. The number of nitro groups is 1. The van der Waals surface area contributed by atoms with Gasteiger partial charge in [-0.1, -0.05) is 0 Å². The van der Waals surface area contributed by atoms with Crippen molar-refractivity contribution in [1.29, 1.82) is 0 Å². The average Bonchev–Trinajstić information content (AvgIpc) is 2.89. The lowest BCUT2D eigenvalue weighted by molar-refractivity contribution is -0.385. The number of pyridine rings is 1. The molecule has 1 N–H and O–H groups in total. The summed E-state index contributed by atoms with van der Waals surface area (Å²) in [5.74, 6) is 0.703. The maximum absolute atomic E-state index is 10.7. The third-order valence-electron chi connectivity index (χ3n) is 3.60. The van der Waals surface area contributed by atoms with Crippen molar-refractivity contribution in [3.05, 3.63) is 27.9 Å². The highest BCUT2D eigenvalue weighted by atomic mass is 16.6. The van der Waals surface area contributed by atoms with Crippen LogP contribution in [-0.4, -0.2) is 40.5 Å². The molecule has 0 amide bonds. The first-order valence-electron chi connectivity index (χ1n) is 6.68. The number of aryl methyl sites for hydroxylation is 1. The van der Waals surface area contributed by atoms with E-state index in [0.717, 1.165) is 19.6 Å². The molecule has 19 heavy (non-hydrogen) atoms. The Bertz CT molecular complexity index is 458. The molecule has 0 spiro atoms. The van der Waals surface area contributed by atoms with Crippen LogP contribution in [0.5, 0.6) is 0 Å². The third kappa shape index (κ3) is 3.41. The van der Waals surface area contributed by atoms with Gasteiger partial charge in [0.05, 0.1) is 4.92 Å². The fourth-order valence-corrected chi connectivity index (χ4v) is 2.41. The fraction of sp³-hybridized carbons (Fsp3) is 0.615. The first-order chi connectivity index (χ1) is 9.08. The zero-order valence-corrected chi connectivity index (χ0v) is 11.4. The average molecular weight is 264 g/mol. The van der Waals surface area contributed by atoms with Crippen LogP contribution in [0.4, 0.5) is 11.5 Å². The second kappa shape index (κ2) is 5.97. The summed E-state index contributed by atoms with van der Waals surface area (Å²) in [7, 11) is 0. The minimum absolute atomic E-state index is 0.0677. The summed E-state index contributed by atoms with van der Waals surface area (Å²) in [5, 5.41) is 14.0. The Labute approximate surface area is 113 Å². The first kappa shape index (κ1) is 13.7. The Balaban J connectivity index is 1.92. The first-order valence-corrected chi connectivity index (χ1v) is 6.68. The van der Waals surface area contributed by atoms with Gasteiger partial charge in [-0.3, -0.25) is 15.0 Å². The van der Waals surface area contributed by atoms with Gasteiger partial charge in [0, 0.05) is 18.7 Å². The maximum Gasteiger partial charge on any atom is 0.290 e. The normalized spacial score (nSPS) is 17.4. The van der Waals surface area contributed by atoms with E-state index in [0.29, 0.717) is 17.6 Å². The van der Waals surface area contributed by atoms with Gasteiger partial charge in [-0.15, -0.1) is 0 Å². The van der Waals surface area contributed by atoms with Gasteiger partial charge in [-0.05, 0) is 45.8 Å². The summed E-state index contributed by atoms with van der Waals surface area (Å²) in [6, 6.07) is 3.63. The molecule has 1 aliphatic heterocycles. The number of rotatable bonds is 5. The lowest BCUT2D eigenvalue weighted by Crippen LogP contribution is -2.35. The molecule has 1 aliphatic rings. The zero-order valence-electron chi connectivity index (χ0n) is 11.4. The lowest BCUT2D eigenvalue weighted by Gasteiger charge is -2.24. The number of anilines is 1. The van der Waals surface area contributed by atoms with Crippen LogP contribution in [0.15, 0.2) is 12.1 Å². The molecule has 2 heterocycles. The Morgan fingerprint density at radius 3 is 2.74 bits per heavy atom. The molecular weight excluding hydrogens is 244 g/mol. The molecule has 1 fully saturated rings. The Morgan fingerprint density at radius 2 is 2.16 bits per heavy atom. The van der Waals surface area contributed by atoms with E-state index in [9.17, 15) is 10.1 Å². The van der Waals surface area contributed by atoms with E-state index in [4.69, 9.17) is 0 Å². The van der Waals surface area contributed by atoms with Gasteiger partial charge in [-0.2, -0.15) is 0 Å². The minimum atomic E-state index is -0.404. The van der Waals surface area contributed by atoms with E-state index in [-0.39, 0.29) is 5.69 Å². The fourth-order valence-electron chi connectivity index (χ4n) is 2.41. The summed E-state index contributed by atoms with van der Waals surface area (Å²) < 4.78 is 0. The van der Waals surface area contributed by atoms with Crippen LogP contribution in [0.25, 0.3) is 0 Å². The van der Waals surface area contributed by atoms with E-state index in [1.165, 1.54) is 18.9 Å². The SMILES string of the molecule is Cc1nc(NCC(C)N2CCCC2)ccc1[N+](=O)[O-]. The Morgan fingerprint density at radius 1 is 1.47 bits per heavy atom. The molecule has 1 saturated heterocycles. The van der Waals surface area contributed by atoms with Gasteiger partial charge in [0.15, 0.2) is 0 Å². The molecule has 0 aliphatic carbocycles. The number of likely N-dealkylation sites (tertiary alicyclic amines) is 1. The number of hydrogen-bond donors (Lipinski definition) is 1. The molecule has 1 aromatic heterocycles. The summed E-state index contributed by atoms with van der Waals surface area (Å²) in [6.45, 7) is 6.99. The van der Waals surface area contributed by atoms with Crippen LogP contribution < -0.4 is 5.32 Å². The molecule has 6 nitrogen and oxygen atoms in total. The number of nitrogens with one attached hydrogen (secondary N) is 1. The van der Waals surface area contributed by atoms with Gasteiger partial charge in [0.25, 0.3) is 5.69 Å². The van der Waals surface area contributed by atoms with Crippen LogP contribution in [0, 0.1) is 17.0 Å². The largest absolute Gasteiger partial charge is 0.368 e. The number of aromatic nitrogens is 1. The van der Waals surface area contributed by atoms with E-state index in [1.54, 1.807) is 13.0 Å². The molecule has 0 bridgehead atoms. The molecule has 0 aromatic carbocycles. The molecule has 6 heteroatoms. The Hall–Kier alpha value is -1.69. The maximum atomic E-state index is 10.7. The summed E-state index contributed by atoms with van der Waals surface area (Å²) >= 11 is 0. The van der Waals surface area contributed by atoms with Crippen molar-refractivity contribution in [1.82, 2.24) is 9.88 Å². The molecule has 2 rings (SSSR count). The highest BCUT2D eigenvalue weighted by molar-refractivity contribution is 5.44. The van der Waals surface area contributed by atoms with Crippen molar-refractivity contribution in [3.63, 3.8) is 0 Å². The van der Waals surface area contributed by atoms with Gasteiger partial charge in [0.1, 0.15) is 11.5 Å². The quantitative estimate of drug-likeness (QED) is 0.652. The summed E-state index contributed by atoms with van der Waals surface area (Å²) in [6.07, 6.45) is 2.55. The van der Waals surface area contributed by atoms with Crippen LogP contribution in [0.3, 0.4) is 0 Å². The molecule has 104 valence electrons. The van der Waals surface area contributed by atoms with Crippen molar-refractivity contribution in [2.75, 3.05) is 25.0 Å². The van der Waals surface area contributed by atoms with Crippen LogP contribution in [-0.2, 0) is 0 Å². The molecule has 1 unspecified atom stereocenters. The van der Waals surface area contributed by atoms with Crippen molar-refractivity contribution < 1.29 is 4.92 Å². The van der Waals surface area contributed by atoms with Gasteiger partial charge >= 0.3 is 0 Å². The summed E-state index contributed by atoms with van der Waals surface area (Å²) in [4.78, 5) is 17.0. The summed E-state index contributed by atoms with van der Waals surface area (Å²) in [5.41, 5.74) is 0.516. The van der Waals surface area contributed by atoms with Crippen LogP contribution >= 0.6 is 0 Å². The molecule has 0 radical (unpaired) electrons. The number of hydrogen-bond acceptors (Lipinski definition) is 5. The van der Waals surface area contributed by atoms with E-state index < -0.39 is 4.92 Å². The van der Waals surface area contributed by atoms with E-state index in [2.05, 4.69) is 22.1 Å². The van der Waals surface area contributed by atoms with Crippen LogP contribution in [0.1, 0.15) is 25.5 Å². The van der Waals surface area contributed by atoms with Crippen molar-refractivity contribution in [3.8, 4) is 0 Å². The lowest BCUT2D eigenvalue weighted by atomic mass is 10.3. The third-order valence-corrected chi connectivity index (χ3v) is 3.60. The van der Waals surface area contributed by atoms with Crippen molar-refractivity contribution in [2.24, 2.45) is 0 Å². The van der Waals surface area contributed by atoms with Gasteiger partial charge in [0.2, 0.25) is 0 Å². The van der Waals surface area contributed by atoms with E-state index in [1.807, 2.05) is 0 Å². The van der Waals surface area contributed by atoms with Gasteiger partial charge in [-0.25, -0.2) is 4.98 Å². The zero-order chi connectivity index (χ0) is 13.8. The molecule has 1 aromatic rings. The second-order valence-electron chi connectivity index (χ2n) is 5.03. The second-order valence-corrected chi connectivity index (χ2v) is 5.03. The smallest absolute Gasteiger partial charge is 0.290 e. The van der Waals surface area contributed by atoms with Crippen LogP contribution in [0.2, 0.25) is 0 Å². The molecular formula is C13H20N4O2. The van der Waals surface area contributed by atoms with Gasteiger partial charge < -0.3 is 5.32 Å². The predicted octanol–water partition coefficient (Wildman–Crippen LogP) is 2.19. The highest BCUT2D eigenvalue weighted by Gasteiger charge is 2.18. The molecule has 0 saturated carbocycles. The monoisotopic (exact) mass is 264 g/mol. The van der Waals surface area contributed by atoms with Crippen molar-refractivity contribution >= 4 is 11.5 Å². The van der Waals surface area contributed by atoms with E-state index >= 15 is 0 Å². The highest BCUT2D eigenvalue weighted by Crippen LogP contribution is 2.18. The predicted molar refractivity (Wildman–Crippen MR) is 74.4 cm³/mol.